The molecule has 0 amide bonds. The minimum Gasteiger partial charge on any atom is -0.364 e. The summed E-state index contributed by atoms with van der Waals surface area (Å²) in [7, 11) is 0. The van der Waals surface area contributed by atoms with Gasteiger partial charge in [-0.1, -0.05) is 32.0 Å². The van der Waals surface area contributed by atoms with Crippen LogP contribution in [-0.2, 0) is 6.54 Å². The van der Waals surface area contributed by atoms with Crippen molar-refractivity contribution in [3.63, 3.8) is 0 Å². The van der Waals surface area contributed by atoms with Gasteiger partial charge in [-0.2, -0.15) is 0 Å². The number of hydrogen-bond acceptors (Lipinski definition) is 4. The first kappa shape index (κ1) is 14.7. The Morgan fingerprint density at radius 2 is 2.00 bits per heavy atom. The van der Waals surface area contributed by atoms with Gasteiger partial charge in [-0.15, -0.1) is 0 Å². The molecule has 20 heavy (non-hydrogen) atoms. The van der Waals surface area contributed by atoms with Crippen LogP contribution in [-0.4, -0.2) is 10.1 Å². The van der Waals surface area contributed by atoms with Crippen LogP contribution in [0.3, 0.4) is 0 Å². The van der Waals surface area contributed by atoms with Gasteiger partial charge in [0.1, 0.15) is 12.0 Å². The molecule has 0 aliphatic carbocycles. The van der Waals surface area contributed by atoms with E-state index in [-0.39, 0.29) is 11.5 Å². The fourth-order valence-electron chi connectivity index (χ4n) is 2.29. The van der Waals surface area contributed by atoms with Crippen LogP contribution in [0.15, 0.2) is 29.1 Å². The van der Waals surface area contributed by atoms with Gasteiger partial charge in [-0.25, -0.2) is 0 Å². The molecule has 0 spiro atoms. The van der Waals surface area contributed by atoms with Gasteiger partial charge < -0.3 is 9.84 Å². The van der Waals surface area contributed by atoms with Crippen molar-refractivity contribution in [2.24, 2.45) is 5.41 Å². The van der Waals surface area contributed by atoms with Crippen LogP contribution in [0.1, 0.15) is 49.3 Å². The fourth-order valence-corrected chi connectivity index (χ4v) is 2.29. The zero-order valence-electron chi connectivity index (χ0n) is 12.9. The molecule has 108 valence electrons. The van der Waals surface area contributed by atoms with Crippen molar-refractivity contribution >= 4 is 0 Å². The van der Waals surface area contributed by atoms with Gasteiger partial charge in [-0.05, 0) is 30.9 Å². The monoisotopic (exact) mass is 273 g/mol. The largest absolute Gasteiger partial charge is 0.364 e. The van der Waals surface area contributed by atoms with Gasteiger partial charge in [0.25, 0.3) is 0 Å². The Morgan fingerprint density at radius 3 is 2.55 bits per heavy atom. The van der Waals surface area contributed by atoms with E-state index in [1.807, 2.05) is 19.2 Å². The van der Waals surface area contributed by atoms with E-state index in [4.69, 9.17) is 4.52 Å². The van der Waals surface area contributed by atoms with Gasteiger partial charge >= 0.3 is 0 Å². The normalized spacial score (nSPS) is 13.4. The van der Waals surface area contributed by atoms with Crippen molar-refractivity contribution in [1.82, 2.24) is 15.5 Å². The molecular weight excluding hydrogens is 250 g/mol. The topological polar surface area (TPSA) is 51.0 Å². The van der Waals surface area contributed by atoms with Crippen LogP contribution in [0.5, 0.6) is 0 Å². The first-order valence-electron chi connectivity index (χ1n) is 6.94. The molecule has 0 aromatic carbocycles. The standard InChI is InChI=1S/C16H23N3O/c1-11-7-6-8-17-14(11)15(16(3,4)5)18-9-13-12(2)10-20-19-13/h6-8,10,15,18H,9H2,1-5H3. The maximum Gasteiger partial charge on any atom is 0.127 e. The lowest BCUT2D eigenvalue weighted by Crippen LogP contribution is -2.33. The van der Waals surface area contributed by atoms with Crippen molar-refractivity contribution in [2.75, 3.05) is 0 Å². The lowest BCUT2D eigenvalue weighted by atomic mass is 9.83. The number of hydrogen-bond donors (Lipinski definition) is 1. The van der Waals surface area contributed by atoms with E-state index in [0.29, 0.717) is 6.54 Å². The second kappa shape index (κ2) is 5.75. The molecule has 2 heterocycles. The van der Waals surface area contributed by atoms with Gasteiger partial charge in [0, 0.05) is 18.3 Å². The van der Waals surface area contributed by atoms with Crippen LogP contribution >= 0.6 is 0 Å². The third-order valence-electron chi connectivity index (χ3n) is 3.51. The Bertz CT molecular complexity index is 569. The summed E-state index contributed by atoms with van der Waals surface area (Å²) in [6.45, 7) is 11.4. The van der Waals surface area contributed by atoms with E-state index in [1.165, 1.54) is 5.56 Å². The maximum absolute atomic E-state index is 4.99. The van der Waals surface area contributed by atoms with Gasteiger partial charge in [0.2, 0.25) is 0 Å². The highest BCUT2D eigenvalue weighted by molar-refractivity contribution is 5.23. The molecule has 4 nitrogen and oxygen atoms in total. The molecular formula is C16H23N3O. The molecule has 2 rings (SSSR count). The highest BCUT2D eigenvalue weighted by Gasteiger charge is 2.28. The lowest BCUT2D eigenvalue weighted by Gasteiger charge is -2.32. The average molecular weight is 273 g/mol. The second-order valence-corrected chi connectivity index (χ2v) is 6.33. The van der Waals surface area contributed by atoms with E-state index >= 15 is 0 Å². The third kappa shape index (κ3) is 3.25. The molecule has 0 radical (unpaired) electrons. The van der Waals surface area contributed by atoms with E-state index in [9.17, 15) is 0 Å². The van der Waals surface area contributed by atoms with Crippen molar-refractivity contribution < 1.29 is 4.52 Å². The van der Waals surface area contributed by atoms with Crippen molar-refractivity contribution in [2.45, 2.75) is 47.2 Å². The molecule has 0 saturated carbocycles. The first-order valence-corrected chi connectivity index (χ1v) is 6.94. The molecule has 4 heteroatoms. The van der Waals surface area contributed by atoms with E-state index in [2.05, 4.69) is 49.2 Å². The summed E-state index contributed by atoms with van der Waals surface area (Å²) in [5.41, 5.74) is 4.39. The number of nitrogens with zero attached hydrogens (tertiary/aromatic N) is 2. The number of pyridine rings is 1. The van der Waals surface area contributed by atoms with Crippen LogP contribution in [0.4, 0.5) is 0 Å². The molecule has 1 N–H and O–H groups in total. The van der Waals surface area contributed by atoms with Crippen LogP contribution in [0.25, 0.3) is 0 Å². The van der Waals surface area contributed by atoms with Gasteiger partial charge in [0.15, 0.2) is 0 Å². The lowest BCUT2D eigenvalue weighted by molar-refractivity contribution is 0.262. The molecule has 2 aromatic heterocycles. The summed E-state index contributed by atoms with van der Waals surface area (Å²) in [5.74, 6) is 0. The summed E-state index contributed by atoms with van der Waals surface area (Å²) < 4.78 is 4.99. The molecule has 2 aromatic rings. The van der Waals surface area contributed by atoms with Crippen molar-refractivity contribution in [3.05, 3.63) is 47.1 Å². The predicted octanol–water partition coefficient (Wildman–Crippen LogP) is 3.56. The average Bonchev–Trinajstić information content (AvgIpc) is 2.76. The third-order valence-corrected chi connectivity index (χ3v) is 3.51. The summed E-state index contributed by atoms with van der Waals surface area (Å²) in [6, 6.07) is 4.24. The van der Waals surface area contributed by atoms with E-state index in [1.54, 1.807) is 6.26 Å². The summed E-state index contributed by atoms with van der Waals surface area (Å²) in [6.07, 6.45) is 3.53. The number of rotatable bonds is 4. The Morgan fingerprint density at radius 1 is 1.25 bits per heavy atom. The van der Waals surface area contributed by atoms with Gasteiger partial charge in [0.05, 0.1) is 11.7 Å². The SMILES string of the molecule is Cc1conc1CNC(c1ncccc1C)C(C)(C)C. The molecule has 1 unspecified atom stereocenters. The van der Waals surface area contributed by atoms with E-state index < -0.39 is 0 Å². The zero-order valence-corrected chi connectivity index (χ0v) is 12.9. The molecule has 0 aliphatic rings. The first-order chi connectivity index (χ1) is 9.39. The predicted molar refractivity (Wildman–Crippen MR) is 79.2 cm³/mol. The quantitative estimate of drug-likeness (QED) is 0.925. The molecule has 1 atom stereocenters. The van der Waals surface area contributed by atoms with E-state index in [0.717, 1.165) is 17.0 Å². The van der Waals surface area contributed by atoms with Gasteiger partial charge in [-0.3, -0.25) is 4.98 Å². The number of nitrogens with one attached hydrogen (secondary N) is 1. The number of aromatic nitrogens is 2. The van der Waals surface area contributed by atoms with Crippen molar-refractivity contribution in [3.8, 4) is 0 Å². The highest BCUT2D eigenvalue weighted by Crippen LogP contribution is 2.33. The second-order valence-electron chi connectivity index (χ2n) is 6.33. The van der Waals surface area contributed by atoms with Crippen molar-refractivity contribution in [1.29, 1.82) is 0 Å². The highest BCUT2D eigenvalue weighted by atomic mass is 16.5. The Balaban J connectivity index is 2.22. The molecule has 0 bridgehead atoms. The molecule has 0 aliphatic heterocycles. The molecule has 0 saturated heterocycles. The zero-order chi connectivity index (χ0) is 14.8. The Hall–Kier alpha value is -1.68. The summed E-state index contributed by atoms with van der Waals surface area (Å²) in [5, 5.41) is 7.60. The van der Waals surface area contributed by atoms with Crippen LogP contribution in [0, 0.1) is 19.3 Å². The minimum absolute atomic E-state index is 0.0662. The molecule has 0 fully saturated rings. The van der Waals surface area contributed by atoms with Crippen LogP contribution in [0.2, 0.25) is 0 Å². The summed E-state index contributed by atoms with van der Waals surface area (Å²) in [4.78, 5) is 4.56. The fraction of sp³-hybridized carbons (Fsp3) is 0.500. The Kier molecular flexibility index (Phi) is 4.23. The Labute approximate surface area is 120 Å². The van der Waals surface area contributed by atoms with Crippen LogP contribution < -0.4 is 5.32 Å². The number of aryl methyl sites for hydroxylation is 2. The minimum atomic E-state index is 0.0662. The maximum atomic E-state index is 4.99. The smallest absolute Gasteiger partial charge is 0.127 e. The summed E-state index contributed by atoms with van der Waals surface area (Å²) >= 11 is 0.